The standard InChI is InChI=1S/C9H9NO2/c11-6-2-1-3-8-7-9(12)4-5-10-8/h4-5,7,11H,2,6H2,(H,10,12). The summed E-state index contributed by atoms with van der Waals surface area (Å²) in [6.07, 6.45) is 1.97. The fraction of sp³-hybridized carbons (Fsp3) is 0.222. The molecule has 0 fully saturated rings. The fourth-order valence-corrected chi connectivity index (χ4v) is 0.731. The summed E-state index contributed by atoms with van der Waals surface area (Å²) in [6, 6.07) is 2.85. The number of aromatic amines is 1. The Kier molecular flexibility index (Phi) is 3.12. The van der Waals surface area contributed by atoms with Gasteiger partial charge >= 0.3 is 0 Å². The maximum Gasteiger partial charge on any atom is 0.182 e. The smallest absolute Gasteiger partial charge is 0.182 e. The van der Waals surface area contributed by atoms with Crippen LogP contribution in [0.5, 0.6) is 0 Å². The molecule has 0 saturated carbocycles. The lowest BCUT2D eigenvalue weighted by Crippen LogP contribution is -1.98. The Balaban J connectivity index is 2.78. The molecule has 1 aromatic heterocycles. The highest BCUT2D eigenvalue weighted by molar-refractivity contribution is 5.26. The molecule has 0 aliphatic rings. The fourth-order valence-electron chi connectivity index (χ4n) is 0.731. The highest BCUT2D eigenvalue weighted by Gasteiger charge is 1.85. The van der Waals surface area contributed by atoms with Crippen LogP contribution in [0.15, 0.2) is 23.1 Å². The van der Waals surface area contributed by atoms with Crippen LogP contribution in [0.2, 0.25) is 0 Å². The van der Waals surface area contributed by atoms with Crippen LogP contribution >= 0.6 is 0 Å². The molecule has 12 heavy (non-hydrogen) atoms. The molecule has 1 aromatic rings. The molecule has 62 valence electrons. The third-order valence-electron chi connectivity index (χ3n) is 1.23. The predicted octanol–water partition coefficient (Wildman–Crippen LogP) is 0.109. The summed E-state index contributed by atoms with van der Waals surface area (Å²) < 4.78 is 0. The van der Waals surface area contributed by atoms with Crippen LogP contribution in [0, 0.1) is 11.8 Å². The Morgan fingerprint density at radius 2 is 2.42 bits per heavy atom. The van der Waals surface area contributed by atoms with Gasteiger partial charge in [-0.15, -0.1) is 0 Å². The lowest BCUT2D eigenvalue weighted by atomic mass is 10.3. The van der Waals surface area contributed by atoms with Gasteiger partial charge in [-0.25, -0.2) is 0 Å². The molecular weight excluding hydrogens is 154 g/mol. The zero-order valence-electron chi connectivity index (χ0n) is 6.50. The number of aliphatic hydroxyl groups is 1. The zero-order valence-corrected chi connectivity index (χ0v) is 6.50. The molecule has 0 radical (unpaired) electrons. The van der Waals surface area contributed by atoms with E-state index in [0.29, 0.717) is 12.1 Å². The first-order chi connectivity index (χ1) is 5.83. The molecule has 0 aromatic carbocycles. The van der Waals surface area contributed by atoms with Crippen molar-refractivity contribution < 1.29 is 5.11 Å². The van der Waals surface area contributed by atoms with Crippen molar-refractivity contribution in [3.05, 3.63) is 34.2 Å². The summed E-state index contributed by atoms with van der Waals surface area (Å²) >= 11 is 0. The van der Waals surface area contributed by atoms with E-state index in [2.05, 4.69) is 16.8 Å². The molecule has 1 rings (SSSR count). The number of nitrogens with one attached hydrogen (secondary N) is 1. The van der Waals surface area contributed by atoms with Gasteiger partial charge in [0.2, 0.25) is 0 Å². The average Bonchev–Trinajstić information content (AvgIpc) is 2.05. The van der Waals surface area contributed by atoms with Gasteiger partial charge in [0.1, 0.15) is 0 Å². The molecule has 0 unspecified atom stereocenters. The van der Waals surface area contributed by atoms with Crippen molar-refractivity contribution in [3.8, 4) is 11.8 Å². The minimum absolute atomic E-state index is 0.0457. The molecule has 0 amide bonds. The molecule has 1 heterocycles. The summed E-state index contributed by atoms with van der Waals surface area (Å²) in [6.45, 7) is 0.0457. The van der Waals surface area contributed by atoms with Gasteiger partial charge in [-0.3, -0.25) is 4.79 Å². The summed E-state index contributed by atoms with van der Waals surface area (Å²) in [5, 5.41) is 8.42. The van der Waals surface area contributed by atoms with Crippen molar-refractivity contribution in [3.63, 3.8) is 0 Å². The number of rotatable bonds is 1. The van der Waals surface area contributed by atoms with Crippen LogP contribution in [0.3, 0.4) is 0 Å². The van der Waals surface area contributed by atoms with Gasteiger partial charge in [0.25, 0.3) is 0 Å². The van der Waals surface area contributed by atoms with E-state index < -0.39 is 0 Å². The van der Waals surface area contributed by atoms with Gasteiger partial charge in [0.15, 0.2) is 5.43 Å². The summed E-state index contributed by atoms with van der Waals surface area (Å²) in [7, 11) is 0. The number of aromatic nitrogens is 1. The number of aliphatic hydroxyl groups excluding tert-OH is 1. The highest BCUT2D eigenvalue weighted by Crippen LogP contribution is 1.84. The van der Waals surface area contributed by atoms with Gasteiger partial charge in [-0.2, -0.15) is 0 Å². The van der Waals surface area contributed by atoms with Crippen LogP contribution < -0.4 is 5.43 Å². The Labute approximate surface area is 70.1 Å². The number of pyridine rings is 1. The Bertz CT molecular complexity index is 357. The van der Waals surface area contributed by atoms with Gasteiger partial charge in [0.05, 0.1) is 12.3 Å². The summed E-state index contributed by atoms with van der Waals surface area (Å²) in [4.78, 5) is 13.6. The van der Waals surface area contributed by atoms with E-state index in [4.69, 9.17) is 5.11 Å². The van der Waals surface area contributed by atoms with E-state index in [-0.39, 0.29) is 12.0 Å². The lowest BCUT2D eigenvalue weighted by molar-refractivity contribution is 0.305. The van der Waals surface area contributed by atoms with E-state index in [0.717, 1.165) is 0 Å². The van der Waals surface area contributed by atoms with Crippen LogP contribution in [0.1, 0.15) is 12.1 Å². The Morgan fingerprint density at radius 1 is 1.58 bits per heavy atom. The maximum atomic E-state index is 10.8. The SMILES string of the molecule is O=c1cc[nH]c(C#CCCO)c1. The molecule has 0 saturated heterocycles. The largest absolute Gasteiger partial charge is 0.395 e. The third-order valence-corrected chi connectivity index (χ3v) is 1.23. The molecule has 0 aliphatic heterocycles. The van der Waals surface area contributed by atoms with Gasteiger partial charge in [0, 0.05) is 24.8 Å². The first kappa shape index (κ1) is 8.57. The van der Waals surface area contributed by atoms with Crippen LogP contribution in [0.4, 0.5) is 0 Å². The van der Waals surface area contributed by atoms with Gasteiger partial charge in [-0.1, -0.05) is 5.92 Å². The highest BCUT2D eigenvalue weighted by atomic mass is 16.2. The molecule has 0 atom stereocenters. The van der Waals surface area contributed by atoms with E-state index >= 15 is 0 Å². The van der Waals surface area contributed by atoms with Crippen molar-refractivity contribution >= 4 is 0 Å². The van der Waals surface area contributed by atoms with Crippen LogP contribution in [-0.4, -0.2) is 16.7 Å². The Morgan fingerprint density at radius 3 is 3.08 bits per heavy atom. The van der Waals surface area contributed by atoms with E-state index in [9.17, 15) is 4.79 Å². The van der Waals surface area contributed by atoms with Gasteiger partial charge < -0.3 is 10.1 Å². The van der Waals surface area contributed by atoms with Crippen molar-refractivity contribution in [2.75, 3.05) is 6.61 Å². The maximum absolute atomic E-state index is 10.8. The third kappa shape index (κ3) is 2.60. The first-order valence-electron chi connectivity index (χ1n) is 3.61. The van der Waals surface area contributed by atoms with Crippen molar-refractivity contribution in [1.29, 1.82) is 0 Å². The molecule has 3 nitrogen and oxygen atoms in total. The minimum atomic E-state index is -0.0675. The second kappa shape index (κ2) is 4.37. The quantitative estimate of drug-likeness (QED) is 0.577. The topological polar surface area (TPSA) is 53.1 Å². The molecule has 0 aliphatic carbocycles. The number of hydrogen-bond donors (Lipinski definition) is 2. The van der Waals surface area contributed by atoms with Crippen LogP contribution in [0.25, 0.3) is 0 Å². The number of H-pyrrole nitrogens is 1. The zero-order chi connectivity index (χ0) is 8.81. The average molecular weight is 163 g/mol. The molecule has 2 N–H and O–H groups in total. The Hall–Kier alpha value is -1.53. The monoisotopic (exact) mass is 163 g/mol. The van der Waals surface area contributed by atoms with Crippen molar-refractivity contribution in [2.45, 2.75) is 6.42 Å². The van der Waals surface area contributed by atoms with Crippen molar-refractivity contribution in [1.82, 2.24) is 4.98 Å². The van der Waals surface area contributed by atoms with Crippen LogP contribution in [-0.2, 0) is 0 Å². The molecular formula is C9H9NO2. The summed E-state index contributed by atoms with van der Waals surface area (Å²) in [5.74, 6) is 5.43. The predicted molar refractivity (Wildman–Crippen MR) is 45.6 cm³/mol. The second-order valence-corrected chi connectivity index (χ2v) is 2.21. The van der Waals surface area contributed by atoms with E-state index in [1.807, 2.05) is 0 Å². The lowest BCUT2D eigenvalue weighted by Gasteiger charge is -1.86. The molecule has 0 bridgehead atoms. The first-order valence-corrected chi connectivity index (χ1v) is 3.61. The second-order valence-electron chi connectivity index (χ2n) is 2.21. The summed E-state index contributed by atoms with van der Waals surface area (Å²) in [5.41, 5.74) is 0.512. The van der Waals surface area contributed by atoms with Crippen molar-refractivity contribution in [2.24, 2.45) is 0 Å². The normalized spacial score (nSPS) is 8.75. The van der Waals surface area contributed by atoms with E-state index in [1.165, 1.54) is 12.1 Å². The molecule has 3 heteroatoms. The molecule has 0 spiro atoms. The minimum Gasteiger partial charge on any atom is -0.395 e. The van der Waals surface area contributed by atoms with Gasteiger partial charge in [-0.05, 0) is 5.92 Å². The van der Waals surface area contributed by atoms with E-state index in [1.54, 1.807) is 6.20 Å². The number of hydrogen-bond acceptors (Lipinski definition) is 2.